The van der Waals surface area contributed by atoms with Gasteiger partial charge in [0.1, 0.15) is 5.00 Å². The Morgan fingerprint density at radius 1 is 1.18 bits per heavy atom. The number of nitrogens with one attached hydrogen (secondary N) is 2. The first kappa shape index (κ1) is 20.7. The molecular weight excluding hydrogens is 396 g/mol. The van der Waals surface area contributed by atoms with Gasteiger partial charge < -0.3 is 10.1 Å². The molecule has 0 fully saturated rings. The topological polar surface area (TPSA) is 67.4 Å². The molecule has 28 heavy (non-hydrogen) atoms. The quantitative estimate of drug-likeness (QED) is 0.600. The molecule has 150 valence electrons. The van der Waals surface area contributed by atoms with Crippen molar-refractivity contribution >= 4 is 45.6 Å². The summed E-state index contributed by atoms with van der Waals surface area (Å²) < 4.78 is 4.99. The highest BCUT2D eigenvalue weighted by Gasteiger charge is 2.34. The molecule has 1 aromatic carbocycles. The number of amides is 2. The summed E-state index contributed by atoms with van der Waals surface area (Å²) in [4.78, 5) is 26.0. The van der Waals surface area contributed by atoms with E-state index in [4.69, 9.17) is 16.3 Å². The fraction of sp³-hybridized carbons (Fsp3) is 0.429. The minimum atomic E-state index is -0.409. The van der Waals surface area contributed by atoms with Crippen LogP contribution in [-0.2, 0) is 17.6 Å². The number of carbonyl (C=O) groups is 2. The lowest BCUT2D eigenvalue weighted by Crippen LogP contribution is -2.26. The van der Waals surface area contributed by atoms with E-state index in [0.717, 1.165) is 29.7 Å². The van der Waals surface area contributed by atoms with Crippen LogP contribution in [0.1, 0.15) is 48.0 Å². The second-order valence-electron chi connectivity index (χ2n) is 8.09. The molecule has 7 heteroatoms. The van der Waals surface area contributed by atoms with E-state index in [2.05, 4.69) is 31.4 Å². The number of halogens is 1. The van der Waals surface area contributed by atoms with Crippen molar-refractivity contribution in [3.8, 4) is 0 Å². The second-order valence-corrected chi connectivity index (χ2v) is 9.63. The smallest absolute Gasteiger partial charge is 0.341 e. The molecule has 3 rings (SSSR count). The van der Waals surface area contributed by atoms with Gasteiger partial charge >= 0.3 is 12.0 Å². The summed E-state index contributed by atoms with van der Waals surface area (Å²) in [5, 5.41) is 6.73. The van der Waals surface area contributed by atoms with Gasteiger partial charge in [-0.1, -0.05) is 32.4 Å². The first-order chi connectivity index (χ1) is 13.2. The maximum atomic E-state index is 12.5. The Labute approximate surface area is 174 Å². The Bertz CT molecular complexity index is 884. The molecule has 0 spiro atoms. The first-order valence-corrected chi connectivity index (χ1v) is 10.4. The number of anilines is 2. The predicted octanol–water partition coefficient (Wildman–Crippen LogP) is 5.98. The number of urea groups is 1. The Kier molecular flexibility index (Phi) is 6.01. The van der Waals surface area contributed by atoms with Crippen LogP contribution in [0.15, 0.2) is 24.3 Å². The summed E-state index contributed by atoms with van der Waals surface area (Å²) in [5.74, 6) is 0.133. The van der Waals surface area contributed by atoms with Gasteiger partial charge in [-0.2, -0.15) is 0 Å². The van der Waals surface area contributed by atoms with E-state index in [1.165, 1.54) is 18.4 Å². The van der Waals surface area contributed by atoms with Crippen molar-refractivity contribution in [1.29, 1.82) is 0 Å². The van der Waals surface area contributed by atoms with Gasteiger partial charge in [-0.25, -0.2) is 9.59 Å². The minimum absolute atomic E-state index is 0.201. The van der Waals surface area contributed by atoms with Crippen molar-refractivity contribution in [3.63, 3.8) is 0 Å². The number of methoxy groups -OCH3 is 1. The molecule has 0 saturated carbocycles. The van der Waals surface area contributed by atoms with Gasteiger partial charge in [0.15, 0.2) is 0 Å². The second kappa shape index (κ2) is 8.13. The van der Waals surface area contributed by atoms with Gasteiger partial charge in [-0.15, -0.1) is 11.3 Å². The van der Waals surface area contributed by atoms with Crippen LogP contribution in [0.5, 0.6) is 0 Å². The molecule has 0 radical (unpaired) electrons. The molecule has 2 N–H and O–H groups in total. The van der Waals surface area contributed by atoms with Gasteiger partial charge in [-0.3, -0.25) is 5.32 Å². The Morgan fingerprint density at radius 3 is 2.46 bits per heavy atom. The highest BCUT2D eigenvalue weighted by molar-refractivity contribution is 7.17. The Balaban J connectivity index is 1.84. The lowest BCUT2D eigenvalue weighted by atomic mass is 9.72. The van der Waals surface area contributed by atoms with Gasteiger partial charge in [0.25, 0.3) is 0 Å². The molecule has 1 heterocycles. The number of benzene rings is 1. The summed E-state index contributed by atoms with van der Waals surface area (Å²) in [6.45, 7) is 6.74. The molecule has 1 aromatic heterocycles. The molecule has 0 saturated heterocycles. The lowest BCUT2D eigenvalue weighted by molar-refractivity contribution is 0.0600. The molecule has 1 aliphatic carbocycles. The number of esters is 1. The fourth-order valence-electron chi connectivity index (χ4n) is 3.53. The van der Waals surface area contributed by atoms with Crippen LogP contribution < -0.4 is 10.6 Å². The standard InChI is InChI=1S/C21H25ClN2O3S/c1-21(2,3)12-5-10-15-16(11-12)28-18(17(15)19(25)27-4)24-20(26)23-14-8-6-13(22)7-9-14/h6-9,12H,5,10-11H2,1-4H3,(H2,23,24,26). The number of carbonyl (C=O) groups excluding carboxylic acids is 2. The number of ether oxygens (including phenoxy) is 1. The van der Waals surface area contributed by atoms with Gasteiger partial charge in [0.05, 0.1) is 12.7 Å². The number of thiophene rings is 1. The van der Waals surface area contributed by atoms with Crippen molar-refractivity contribution in [2.45, 2.75) is 40.0 Å². The zero-order valence-electron chi connectivity index (χ0n) is 16.5. The number of hydrogen-bond acceptors (Lipinski definition) is 4. The van der Waals surface area contributed by atoms with E-state index in [0.29, 0.717) is 27.2 Å². The number of rotatable bonds is 3. The summed E-state index contributed by atoms with van der Waals surface area (Å²) in [6.07, 6.45) is 2.75. The van der Waals surface area contributed by atoms with E-state index in [1.807, 2.05) is 0 Å². The molecule has 1 aliphatic rings. The summed E-state index contributed by atoms with van der Waals surface area (Å²) in [7, 11) is 1.37. The molecule has 0 bridgehead atoms. The van der Waals surface area contributed by atoms with Crippen molar-refractivity contribution in [2.24, 2.45) is 11.3 Å². The predicted molar refractivity (Wildman–Crippen MR) is 115 cm³/mol. The van der Waals surface area contributed by atoms with E-state index < -0.39 is 12.0 Å². The number of hydrogen-bond donors (Lipinski definition) is 2. The molecule has 1 atom stereocenters. The van der Waals surface area contributed by atoms with Crippen molar-refractivity contribution in [3.05, 3.63) is 45.3 Å². The van der Waals surface area contributed by atoms with Crippen LogP contribution in [0.4, 0.5) is 15.5 Å². The average molecular weight is 421 g/mol. The maximum absolute atomic E-state index is 12.5. The normalized spacial score (nSPS) is 16.2. The van der Waals surface area contributed by atoms with Gasteiger partial charge in [-0.05, 0) is 60.4 Å². The minimum Gasteiger partial charge on any atom is -0.465 e. The molecule has 2 amide bonds. The lowest BCUT2D eigenvalue weighted by Gasteiger charge is -2.33. The molecule has 1 unspecified atom stereocenters. The highest BCUT2D eigenvalue weighted by atomic mass is 35.5. The number of fused-ring (bicyclic) bond motifs is 1. The van der Waals surface area contributed by atoms with Crippen LogP contribution in [0, 0.1) is 11.3 Å². The van der Waals surface area contributed by atoms with Crippen LogP contribution in [0.2, 0.25) is 5.02 Å². The summed E-state index contributed by atoms with van der Waals surface area (Å²) in [6, 6.07) is 6.44. The largest absolute Gasteiger partial charge is 0.465 e. The van der Waals surface area contributed by atoms with Crippen LogP contribution in [0.25, 0.3) is 0 Å². The van der Waals surface area contributed by atoms with Crippen LogP contribution >= 0.6 is 22.9 Å². The zero-order valence-corrected chi connectivity index (χ0v) is 18.1. The fourth-order valence-corrected chi connectivity index (χ4v) is 4.97. The Hall–Kier alpha value is -2.05. The van der Waals surface area contributed by atoms with Crippen molar-refractivity contribution in [1.82, 2.24) is 0 Å². The third kappa shape index (κ3) is 4.50. The molecule has 2 aromatic rings. The van der Waals surface area contributed by atoms with E-state index >= 15 is 0 Å². The van der Waals surface area contributed by atoms with Crippen molar-refractivity contribution in [2.75, 3.05) is 17.7 Å². The average Bonchev–Trinajstić information content (AvgIpc) is 2.99. The van der Waals surface area contributed by atoms with Crippen LogP contribution in [0.3, 0.4) is 0 Å². The molecular formula is C21H25ClN2O3S. The van der Waals surface area contributed by atoms with E-state index in [1.54, 1.807) is 24.3 Å². The molecule has 0 aliphatic heterocycles. The maximum Gasteiger partial charge on any atom is 0.341 e. The monoisotopic (exact) mass is 420 g/mol. The van der Waals surface area contributed by atoms with Crippen molar-refractivity contribution < 1.29 is 14.3 Å². The Morgan fingerprint density at radius 2 is 1.86 bits per heavy atom. The van der Waals surface area contributed by atoms with Gasteiger partial charge in [0, 0.05) is 15.6 Å². The van der Waals surface area contributed by atoms with Crippen LogP contribution in [-0.4, -0.2) is 19.1 Å². The SMILES string of the molecule is COC(=O)c1c(NC(=O)Nc2ccc(Cl)cc2)sc2c1CCC(C(C)(C)C)C2. The summed E-state index contributed by atoms with van der Waals surface area (Å²) in [5.41, 5.74) is 2.32. The highest BCUT2D eigenvalue weighted by Crippen LogP contribution is 2.44. The molecule has 5 nitrogen and oxygen atoms in total. The third-order valence-electron chi connectivity index (χ3n) is 5.21. The van der Waals surface area contributed by atoms with Gasteiger partial charge in [0.2, 0.25) is 0 Å². The zero-order chi connectivity index (χ0) is 20.5. The van der Waals surface area contributed by atoms with E-state index in [-0.39, 0.29) is 5.41 Å². The third-order valence-corrected chi connectivity index (χ3v) is 6.63. The van der Waals surface area contributed by atoms with E-state index in [9.17, 15) is 9.59 Å². The first-order valence-electron chi connectivity index (χ1n) is 9.25. The summed E-state index contributed by atoms with van der Waals surface area (Å²) >= 11 is 7.35.